The zero-order valence-corrected chi connectivity index (χ0v) is 6.68. The molecule has 0 aliphatic heterocycles. The summed E-state index contributed by atoms with van der Waals surface area (Å²) in [5.41, 5.74) is 5.30. The molecule has 2 rings (SSSR count). The summed E-state index contributed by atoms with van der Waals surface area (Å²) in [6.07, 6.45) is 4.27. The molecule has 0 atom stereocenters. The average Bonchev–Trinajstić information content (AvgIpc) is 2.62. The van der Waals surface area contributed by atoms with Crippen molar-refractivity contribution in [1.29, 1.82) is 0 Å². The Balaban J connectivity index is 2.66. The van der Waals surface area contributed by atoms with Gasteiger partial charge in [-0.25, -0.2) is 4.98 Å². The molecule has 0 aromatic carbocycles. The lowest BCUT2D eigenvalue weighted by Gasteiger charge is -1.99. The third kappa shape index (κ3) is 1.20. The van der Waals surface area contributed by atoms with Crippen LogP contribution in [-0.2, 0) is 0 Å². The maximum absolute atomic E-state index is 11.4. The molecule has 0 bridgehead atoms. The summed E-state index contributed by atoms with van der Waals surface area (Å²) in [4.78, 5) is 15.1. The largest absolute Gasteiger partial charge is 0.427 e. The minimum absolute atomic E-state index is 0.180. The van der Waals surface area contributed by atoms with Crippen LogP contribution in [0.15, 0.2) is 40.1 Å². The SMILES string of the molecule is Nc1cccn(-c2cnco2)c1=O. The number of nitrogens with two attached hydrogens (primary N) is 1. The number of hydrogen-bond acceptors (Lipinski definition) is 4. The lowest BCUT2D eigenvalue weighted by atomic mass is 10.4. The Hall–Kier alpha value is -2.04. The number of pyridine rings is 1. The zero-order chi connectivity index (χ0) is 9.26. The first-order valence-corrected chi connectivity index (χ1v) is 3.65. The molecule has 0 aliphatic rings. The summed E-state index contributed by atoms with van der Waals surface area (Å²) in [5.74, 6) is 0.359. The van der Waals surface area contributed by atoms with Gasteiger partial charge in [-0.2, -0.15) is 0 Å². The minimum Gasteiger partial charge on any atom is -0.427 e. The van der Waals surface area contributed by atoms with E-state index in [1.54, 1.807) is 12.3 Å². The van der Waals surface area contributed by atoms with Gasteiger partial charge < -0.3 is 10.2 Å². The molecule has 0 amide bonds. The molecule has 66 valence electrons. The molecular formula is C8H7N3O2. The van der Waals surface area contributed by atoms with Crippen molar-refractivity contribution in [3.05, 3.63) is 41.3 Å². The maximum atomic E-state index is 11.4. The van der Waals surface area contributed by atoms with Gasteiger partial charge in [0, 0.05) is 6.20 Å². The quantitative estimate of drug-likeness (QED) is 0.684. The molecule has 0 unspecified atom stereocenters. The molecule has 5 heteroatoms. The molecule has 2 N–H and O–H groups in total. The van der Waals surface area contributed by atoms with Crippen molar-refractivity contribution in [2.45, 2.75) is 0 Å². The molecule has 0 aliphatic carbocycles. The number of oxazole rings is 1. The van der Waals surface area contributed by atoms with Crippen molar-refractivity contribution < 1.29 is 4.42 Å². The van der Waals surface area contributed by atoms with Crippen LogP contribution in [0.5, 0.6) is 0 Å². The molecule has 2 aromatic rings. The molecule has 2 heterocycles. The van der Waals surface area contributed by atoms with Gasteiger partial charge in [0.05, 0.1) is 11.9 Å². The third-order valence-electron chi connectivity index (χ3n) is 1.63. The van der Waals surface area contributed by atoms with Crippen LogP contribution < -0.4 is 11.3 Å². The second-order valence-corrected chi connectivity index (χ2v) is 2.48. The first-order valence-electron chi connectivity index (χ1n) is 3.65. The van der Waals surface area contributed by atoms with Crippen LogP contribution in [0, 0.1) is 0 Å². The van der Waals surface area contributed by atoms with E-state index in [-0.39, 0.29) is 11.2 Å². The summed E-state index contributed by atoms with van der Waals surface area (Å²) >= 11 is 0. The standard InChI is InChI=1S/C8H7N3O2/c9-6-2-1-3-11(8(6)12)7-4-10-5-13-7/h1-5H,9H2. The second kappa shape index (κ2) is 2.78. The minimum atomic E-state index is -0.306. The Morgan fingerprint density at radius 2 is 2.38 bits per heavy atom. The molecule has 0 saturated carbocycles. The molecule has 2 aromatic heterocycles. The van der Waals surface area contributed by atoms with Gasteiger partial charge in [0.25, 0.3) is 5.56 Å². The van der Waals surface area contributed by atoms with Crippen molar-refractivity contribution in [2.75, 3.05) is 5.73 Å². The van der Waals surface area contributed by atoms with Gasteiger partial charge in [0.1, 0.15) is 0 Å². The first kappa shape index (κ1) is 7.60. The van der Waals surface area contributed by atoms with Gasteiger partial charge >= 0.3 is 0 Å². The third-order valence-corrected chi connectivity index (χ3v) is 1.63. The van der Waals surface area contributed by atoms with E-state index in [9.17, 15) is 4.79 Å². The topological polar surface area (TPSA) is 74.1 Å². The van der Waals surface area contributed by atoms with Gasteiger partial charge in [-0.3, -0.25) is 9.36 Å². The van der Waals surface area contributed by atoms with Crippen LogP contribution in [0.3, 0.4) is 0 Å². The number of nitrogen functional groups attached to an aromatic ring is 1. The fourth-order valence-electron chi connectivity index (χ4n) is 1.01. The highest BCUT2D eigenvalue weighted by molar-refractivity contribution is 5.36. The van der Waals surface area contributed by atoms with Crippen molar-refractivity contribution in [3.8, 4) is 5.88 Å². The fourth-order valence-corrected chi connectivity index (χ4v) is 1.01. The van der Waals surface area contributed by atoms with Crippen LogP contribution in [0.4, 0.5) is 5.69 Å². The maximum Gasteiger partial charge on any atom is 0.280 e. The average molecular weight is 177 g/mol. The van der Waals surface area contributed by atoms with E-state index in [4.69, 9.17) is 10.2 Å². The summed E-state index contributed by atoms with van der Waals surface area (Å²) in [6.45, 7) is 0. The molecule has 5 nitrogen and oxygen atoms in total. The summed E-state index contributed by atoms with van der Waals surface area (Å²) in [5, 5.41) is 0. The van der Waals surface area contributed by atoms with E-state index in [0.29, 0.717) is 5.88 Å². The van der Waals surface area contributed by atoms with Gasteiger partial charge in [-0.15, -0.1) is 0 Å². The van der Waals surface area contributed by atoms with Gasteiger partial charge in [0.15, 0.2) is 6.39 Å². The molecular weight excluding hydrogens is 170 g/mol. The fraction of sp³-hybridized carbons (Fsp3) is 0. The Labute approximate surface area is 73.4 Å². The molecule has 13 heavy (non-hydrogen) atoms. The van der Waals surface area contributed by atoms with E-state index >= 15 is 0 Å². The van der Waals surface area contributed by atoms with Crippen molar-refractivity contribution in [3.63, 3.8) is 0 Å². The van der Waals surface area contributed by atoms with E-state index in [0.717, 1.165) is 0 Å². The molecule has 0 spiro atoms. The highest BCUT2D eigenvalue weighted by atomic mass is 16.4. The normalized spacial score (nSPS) is 10.2. The Morgan fingerprint density at radius 3 is 3.08 bits per heavy atom. The Morgan fingerprint density at radius 1 is 1.54 bits per heavy atom. The number of anilines is 1. The van der Waals surface area contributed by atoms with Crippen molar-refractivity contribution >= 4 is 5.69 Å². The van der Waals surface area contributed by atoms with Gasteiger partial charge in [-0.05, 0) is 12.1 Å². The van der Waals surface area contributed by atoms with Gasteiger partial charge in [-0.1, -0.05) is 0 Å². The van der Waals surface area contributed by atoms with E-state index in [1.165, 1.54) is 23.2 Å². The Bertz CT molecular complexity index is 458. The summed E-state index contributed by atoms with van der Waals surface area (Å²) < 4.78 is 6.25. The van der Waals surface area contributed by atoms with Crippen molar-refractivity contribution in [2.24, 2.45) is 0 Å². The summed E-state index contributed by atoms with van der Waals surface area (Å²) in [6, 6.07) is 3.20. The molecule has 0 radical (unpaired) electrons. The lowest BCUT2D eigenvalue weighted by Crippen LogP contribution is -2.19. The van der Waals surface area contributed by atoms with Crippen LogP contribution in [0.2, 0.25) is 0 Å². The predicted octanol–water partition coefficient (Wildman–Crippen LogP) is 0.408. The molecule has 0 fully saturated rings. The second-order valence-electron chi connectivity index (χ2n) is 2.48. The van der Waals surface area contributed by atoms with E-state index in [1.807, 2.05) is 0 Å². The lowest BCUT2D eigenvalue weighted by molar-refractivity contribution is 0.527. The number of hydrogen-bond donors (Lipinski definition) is 1. The highest BCUT2D eigenvalue weighted by Crippen LogP contribution is 2.03. The van der Waals surface area contributed by atoms with Gasteiger partial charge in [0.2, 0.25) is 5.88 Å². The van der Waals surface area contributed by atoms with E-state index < -0.39 is 0 Å². The monoisotopic (exact) mass is 177 g/mol. The number of rotatable bonds is 1. The Kier molecular flexibility index (Phi) is 1.63. The van der Waals surface area contributed by atoms with Crippen molar-refractivity contribution in [1.82, 2.24) is 9.55 Å². The zero-order valence-electron chi connectivity index (χ0n) is 6.68. The van der Waals surface area contributed by atoms with E-state index in [2.05, 4.69) is 4.98 Å². The number of aromatic nitrogens is 2. The van der Waals surface area contributed by atoms with Crippen LogP contribution >= 0.6 is 0 Å². The van der Waals surface area contributed by atoms with Crippen LogP contribution in [0.1, 0.15) is 0 Å². The first-order chi connectivity index (χ1) is 6.29. The predicted molar refractivity (Wildman–Crippen MR) is 46.5 cm³/mol. The molecule has 0 saturated heterocycles. The van der Waals surface area contributed by atoms with Crippen LogP contribution in [0.25, 0.3) is 5.88 Å². The number of nitrogens with zero attached hydrogens (tertiary/aromatic N) is 2. The van der Waals surface area contributed by atoms with Crippen LogP contribution in [-0.4, -0.2) is 9.55 Å². The highest BCUT2D eigenvalue weighted by Gasteiger charge is 2.03. The summed E-state index contributed by atoms with van der Waals surface area (Å²) in [7, 11) is 0. The smallest absolute Gasteiger partial charge is 0.280 e.